The molecule has 2 atom stereocenters. The summed E-state index contributed by atoms with van der Waals surface area (Å²) in [6.45, 7) is 4.45. The van der Waals surface area contributed by atoms with E-state index in [1.54, 1.807) is 18.3 Å². The topological polar surface area (TPSA) is 32.3 Å². The average molecular weight is 539 g/mol. The molecule has 2 aromatic carbocycles. The first-order chi connectivity index (χ1) is 19.6. The summed E-state index contributed by atoms with van der Waals surface area (Å²) in [5.41, 5.74) is 3.36. The number of fused-ring (bicyclic) bond motifs is 5. The third-order valence-corrected chi connectivity index (χ3v) is 10.5. The average Bonchev–Trinajstić information content (AvgIpc) is 3.65. The fraction of sp³-hybridized carbons (Fsp3) is 0.471. The first-order valence-corrected chi connectivity index (χ1v) is 15.2. The molecule has 40 heavy (non-hydrogen) atoms. The number of rotatable bonds is 5. The van der Waals surface area contributed by atoms with Crippen molar-refractivity contribution in [1.29, 1.82) is 0 Å². The maximum atomic E-state index is 16.6. The Balaban J connectivity index is 1.25. The minimum atomic E-state index is -0.446. The number of piperidine rings is 1. The normalized spacial score (nSPS) is 23.9. The molecule has 0 amide bonds. The lowest BCUT2D eigenvalue weighted by atomic mass is 9.88. The van der Waals surface area contributed by atoms with Crippen molar-refractivity contribution in [3.05, 3.63) is 66.0 Å². The molecule has 4 aromatic rings. The number of hydrogen-bond donors (Lipinski definition) is 0. The van der Waals surface area contributed by atoms with Crippen molar-refractivity contribution in [2.45, 2.75) is 63.3 Å². The van der Waals surface area contributed by atoms with E-state index in [0.717, 1.165) is 48.1 Å². The molecule has 2 unspecified atom stereocenters. The summed E-state index contributed by atoms with van der Waals surface area (Å²) in [4.78, 5) is 14.8. The van der Waals surface area contributed by atoms with E-state index >= 15 is 8.78 Å². The van der Waals surface area contributed by atoms with E-state index in [1.807, 2.05) is 18.2 Å². The molecular weight excluding hydrogens is 502 g/mol. The second-order valence-electron chi connectivity index (χ2n) is 12.8. The predicted molar refractivity (Wildman–Crippen MR) is 157 cm³/mol. The SMILES string of the molecule is Fc1c(-c2cccc3cccc(F)c23)ncc2c(N3CC4CCC(C4)C3)cc(CCC34CCCN3CCC4)nc12. The van der Waals surface area contributed by atoms with Crippen molar-refractivity contribution in [1.82, 2.24) is 14.9 Å². The lowest BCUT2D eigenvalue weighted by molar-refractivity contribution is 0.182. The predicted octanol–water partition coefficient (Wildman–Crippen LogP) is 7.53. The highest BCUT2D eigenvalue weighted by Crippen LogP contribution is 2.44. The van der Waals surface area contributed by atoms with Crippen molar-refractivity contribution >= 4 is 27.4 Å². The van der Waals surface area contributed by atoms with Crippen molar-refractivity contribution in [2.24, 2.45) is 11.8 Å². The third-order valence-electron chi connectivity index (χ3n) is 10.5. The standard InChI is InChI=1S/C34H36F2N4/c35-28-8-2-6-24-5-1-7-26(30(24)28)32-31(36)33-27(19-37-32)29(39-20-22-9-10-23(17-22)21-39)18-25(38-33)11-14-34-12-3-15-40(34)16-4-13-34/h1-2,5-8,18-19,22-23H,3-4,9-17,20-21H2. The van der Waals surface area contributed by atoms with Gasteiger partial charge in [-0.05, 0) is 100 Å². The fourth-order valence-electron chi connectivity index (χ4n) is 8.65. The van der Waals surface area contributed by atoms with Gasteiger partial charge in [0.1, 0.15) is 17.0 Å². The van der Waals surface area contributed by atoms with Gasteiger partial charge in [0.05, 0.1) is 0 Å². The van der Waals surface area contributed by atoms with Crippen LogP contribution in [0.1, 0.15) is 57.1 Å². The molecule has 6 heteroatoms. The second kappa shape index (κ2) is 9.47. The Kier molecular flexibility index (Phi) is 5.84. The zero-order valence-corrected chi connectivity index (χ0v) is 23.0. The highest BCUT2D eigenvalue weighted by atomic mass is 19.1. The van der Waals surface area contributed by atoms with Gasteiger partial charge in [-0.25, -0.2) is 13.8 Å². The molecule has 2 aromatic heterocycles. The summed E-state index contributed by atoms with van der Waals surface area (Å²) < 4.78 is 31.6. The largest absolute Gasteiger partial charge is 0.370 e. The summed E-state index contributed by atoms with van der Waals surface area (Å²) in [5, 5.41) is 1.91. The molecule has 5 heterocycles. The van der Waals surface area contributed by atoms with Crippen molar-refractivity contribution in [3.8, 4) is 11.3 Å². The molecule has 206 valence electrons. The molecule has 8 rings (SSSR count). The van der Waals surface area contributed by atoms with Gasteiger partial charge in [0, 0.05) is 52.5 Å². The Hall–Kier alpha value is -3.12. The number of aromatic nitrogens is 2. The Labute approximate surface area is 234 Å². The van der Waals surface area contributed by atoms with Crippen molar-refractivity contribution in [2.75, 3.05) is 31.1 Å². The Bertz CT molecular complexity index is 1590. The van der Waals surface area contributed by atoms with E-state index in [-0.39, 0.29) is 11.5 Å². The quantitative estimate of drug-likeness (QED) is 0.263. The van der Waals surface area contributed by atoms with Gasteiger partial charge >= 0.3 is 0 Å². The zero-order chi connectivity index (χ0) is 26.8. The van der Waals surface area contributed by atoms with Crippen LogP contribution in [-0.4, -0.2) is 46.6 Å². The first kappa shape index (κ1) is 24.7. The molecular formula is C34H36F2N4. The van der Waals surface area contributed by atoms with Gasteiger partial charge in [0.2, 0.25) is 0 Å². The van der Waals surface area contributed by atoms with Crippen LogP contribution in [0.5, 0.6) is 0 Å². The number of nitrogens with zero attached hydrogens (tertiary/aromatic N) is 4. The lowest BCUT2D eigenvalue weighted by Gasteiger charge is -2.35. The Morgan fingerprint density at radius 1 is 0.950 bits per heavy atom. The molecule has 3 saturated heterocycles. The summed E-state index contributed by atoms with van der Waals surface area (Å²) in [6, 6.07) is 12.7. The van der Waals surface area contributed by atoms with Gasteiger partial charge in [0.15, 0.2) is 5.82 Å². The first-order valence-electron chi connectivity index (χ1n) is 15.2. The number of benzene rings is 2. The van der Waals surface area contributed by atoms with Gasteiger partial charge in [-0.3, -0.25) is 9.88 Å². The van der Waals surface area contributed by atoms with Crippen LogP contribution in [0.2, 0.25) is 0 Å². The number of aryl methyl sites for hydroxylation is 1. The molecule has 3 aliphatic heterocycles. The van der Waals surface area contributed by atoms with E-state index in [9.17, 15) is 0 Å². The van der Waals surface area contributed by atoms with Gasteiger partial charge in [-0.1, -0.05) is 30.3 Å². The van der Waals surface area contributed by atoms with Gasteiger partial charge < -0.3 is 4.90 Å². The van der Waals surface area contributed by atoms with Gasteiger partial charge in [0.25, 0.3) is 0 Å². The molecule has 4 nitrogen and oxygen atoms in total. The number of hydrogen-bond acceptors (Lipinski definition) is 4. The summed E-state index contributed by atoms with van der Waals surface area (Å²) in [7, 11) is 0. The minimum Gasteiger partial charge on any atom is -0.370 e. The number of halogens is 2. The van der Waals surface area contributed by atoms with Crippen LogP contribution < -0.4 is 4.90 Å². The fourth-order valence-corrected chi connectivity index (χ4v) is 8.65. The lowest BCUT2D eigenvalue weighted by Crippen LogP contribution is -2.38. The number of pyridine rings is 2. The van der Waals surface area contributed by atoms with E-state index in [4.69, 9.17) is 4.98 Å². The van der Waals surface area contributed by atoms with Crippen LogP contribution in [0, 0.1) is 23.5 Å². The second-order valence-corrected chi connectivity index (χ2v) is 12.8. The maximum absolute atomic E-state index is 16.6. The highest BCUT2D eigenvalue weighted by Gasteiger charge is 2.43. The van der Waals surface area contributed by atoms with Gasteiger partial charge in [-0.2, -0.15) is 0 Å². The highest BCUT2D eigenvalue weighted by molar-refractivity contribution is 5.99. The summed E-state index contributed by atoms with van der Waals surface area (Å²) in [5.74, 6) is 0.617. The molecule has 1 saturated carbocycles. The maximum Gasteiger partial charge on any atom is 0.175 e. The van der Waals surface area contributed by atoms with Gasteiger partial charge in [-0.15, -0.1) is 0 Å². The van der Waals surface area contributed by atoms with Crippen molar-refractivity contribution < 1.29 is 8.78 Å². The third kappa shape index (κ3) is 3.93. The van der Waals surface area contributed by atoms with E-state index in [1.165, 1.54) is 64.1 Å². The molecule has 0 radical (unpaired) electrons. The van der Waals surface area contributed by atoms with Crippen LogP contribution in [0.3, 0.4) is 0 Å². The van der Waals surface area contributed by atoms with Crippen LogP contribution in [0.25, 0.3) is 32.9 Å². The van der Waals surface area contributed by atoms with Crippen LogP contribution >= 0.6 is 0 Å². The monoisotopic (exact) mass is 538 g/mol. The minimum absolute atomic E-state index is 0.175. The Morgan fingerprint density at radius 2 is 1.70 bits per heavy atom. The van der Waals surface area contributed by atoms with E-state index in [0.29, 0.717) is 33.8 Å². The molecule has 4 fully saturated rings. The smallest absolute Gasteiger partial charge is 0.175 e. The van der Waals surface area contributed by atoms with Crippen molar-refractivity contribution in [3.63, 3.8) is 0 Å². The van der Waals surface area contributed by atoms with E-state index in [2.05, 4.69) is 20.9 Å². The summed E-state index contributed by atoms with van der Waals surface area (Å²) >= 11 is 0. The molecule has 2 bridgehead atoms. The van der Waals surface area contributed by atoms with E-state index < -0.39 is 5.82 Å². The number of anilines is 1. The molecule has 1 aliphatic carbocycles. The zero-order valence-electron chi connectivity index (χ0n) is 23.0. The molecule has 0 N–H and O–H groups in total. The molecule has 4 aliphatic rings. The molecule has 0 spiro atoms. The van der Waals surface area contributed by atoms with Crippen LogP contribution in [0.4, 0.5) is 14.5 Å². The van der Waals surface area contributed by atoms with Crippen LogP contribution in [0.15, 0.2) is 48.7 Å². The van der Waals surface area contributed by atoms with Crippen LogP contribution in [-0.2, 0) is 6.42 Å². The Morgan fingerprint density at radius 3 is 2.48 bits per heavy atom. The summed E-state index contributed by atoms with van der Waals surface area (Å²) in [6.07, 6.45) is 12.7.